The fourth-order valence-corrected chi connectivity index (χ4v) is 5.02. The Kier molecular flexibility index (Phi) is 4.55. The van der Waals surface area contributed by atoms with Crippen molar-refractivity contribution in [3.8, 4) is 0 Å². The molecule has 1 aromatic rings. The van der Waals surface area contributed by atoms with Gasteiger partial charge in [-0.1, -0.05) is 13.8 Å². The number of carbonyl (C=O) groups is 1. The first kappa shape index (κ1) is 15.9. The average Bonchev–Trinajstić information content (AvgIpc) is 2.98. The molecule has 5 heteroatoms. The van der Waals surface area contributed by atoms with Crippen LogP contribution >= 0.6 is 11.3 Å². The topological polar surface area (TPSA) is 45.2 Å². The lowest BCUT2D eigenvalue weighted by molar-refractivity contribution is 0.0685. The van der Waals surface area contributed by atoms with Gasteiger partial charge in [-0.2, -0.15) is 0 Å². The molecule has 0 saturated carbocycles. The number of aromatic nitrogens is 1. The maximum atomic E-state index is 12.9. The van der Waals surface area contributed by atoms with Crippen LogP contribution in [0.4, 0.5) is 0 Å². The van der Waals surface area contributed by atoms with Gasteiger partial charge < -0.3 is 10.2 Å². The number of nitrogens with zero attached hydrogens (tertiary/aromatic N) is 2. The van der Waals surface area contributed by atoms with Crippen LogP contribution in [0, 0.1) is 12.8 Å². The van der Waals surface area contributed by atoms with E-state index in [0.717, 1.165) is 34.8 Å². The molecular formula is C17H27N3OS. The van der Waals surface area contributed by atoms with Crippen molar-refractivity contribution in [2.75, 3.05) is 7.05 Å². The Morgan fingerprint density at radius 2 is 2.00 bits per heavy atom. The lowest BCUT2D eigenvalue weighted by Gasteiger charge is -2.35. The molecule has 0 radical (unpaired) electrons. The summed E-state index contributed by atoms with van der Waals surface area (Å²) in [6.45, 7) is 6.35. The molecule has 1 N–H and O–H groups in total. The van der Waals surface area contributed by atoms with Crippen molar-refractivity contribution < 1.29 is 4.79 Å². The maximum Gasteiger partial charge on any atom is 0.265 e. The SMILES string of the molecule is Cc1nc(CC(C)C)sc1C(=O)N(C)C1CC2CCC(C1)N2. The molecular weight excluding hydrogens is 294 g/mol. The number of rotatable bonds is 4. The molecule has 2 saturated heterocycles. The molecule has 2 aliphatic rings. The highest BCUT2D eigenvalue weighted by Gasteiger charge is 2.37. The number of piperidine rings is 1. The van der Waals surface area contributed by atoms with Gasteiger partial charge in [0, 0.05) is 31.6 Å². The van der Waals surface area contributed by atoms with Crippen LogP contribution < -0.4 is 5.32 Å². The van der Waals surface area contributed by atoms with E-state index in [-0.39, 0.29) is 5.91 Å². The average molecular weight is 321 g/mol. The van der Waals surface area contributed by atoms with E-state index in [1.807, 2.05) is 18.9 Å². The number of thiazole rings is 1. The lowest BCUT2D eigenvalue weighted by atomic mass is 9.98. The second-order valence-corrected chi connectivity index (χ2v) is 8.38. The van der Waals surface area contributed by atoms with Crippen LogP contribution in [0.5, 0.6) is 0 Å². The summed E-state index contributed by atoms with van der Waals surface area (Å²) in [4.78, 5) is 20.3. The van der Waals surface area contributed by atoms with E-state index in [1.54, 1.807) is 11.3 Å². The molecule has 1 aromatic heterocycles. The van der Waals surface area contributed by atoms with Gasteiger partial charge in [-0.05, 0) is 38.5 Å². The predicted molar refractivity (Wildman–Crippen MR) is 90.5 cm³/mol. The molecule has 22 heavy (non-hydrogen) atoms. The van der Waals surface area contributed by atoms with Gasteiger partial charge in [0.15, 0.2) is 0 Å². The highest BCUT2D eigenvalue weighted by atomic mass is 32.1. The van der Waals surface area contributed by atoms with E-state index in [1.165, 1.54) is 12.8 Å². The van der Waals surface area contributed by atoms with Crippen LogP contribution in [0.1, 0.15) is 59.9 Å². The van der Waals surface area contributed by atoms with Crippen LogP contribution in [0.2, 0.25) is 0 Å². The van der Waals surface area contributed by atoms with E-state index < -0.39 is 0 Å². The number of nitrogens with one attached hydrogen (secondary N) is 1. The highest BCUT2D eigenvalue weighted by molar-refractivity contribution is 7.13. The standard InChI is InChI=1S/C17H27N3OS/c1-10(2)7-15-18-11(3)16(22-15)17(21)20(4)14-8-12-5-6-13(9-14)19-12/h10,12-14,19H,5-9H2,1-4H3. The summed E-state index contributed by atoms with van der Waals surface area (Å²) in [6, 6.07) is 1.59. The van der Waals surface area contributed by atoms with E-state index in [2.05, 4.69) is 24.1 Å². The van der Waals surface area contributed by atoms with Gasteiger partial charge in [0.05, 0.1) is 10.7 Å². The molecule has 2 atom stereocenters. The monoisotopic (exact) mass is 321 g/mol. The minimum Gasteiger partial charge on any atom is -0.338 e. The van der Waals surface area contributed by atoms with Crippen molar-refractivity contribution in [1.29, 1.82) is 0 Å². The van der Waals surface area contributed by atoms with Crippen molar-refractivity contribution >= 4 is 17.2 Å². The van der Waals surface area contributed by atoms with Crippen LogP contribution in [0.15, 0.2) is 0 Å². The molecule has 4 nitrogen and oxygen atoms in total. The zero-order valence-corrected chi connectivity index (χ0v) is 14.9. The van der Waals surface area contributed by atoms with Gasteiger partial charge >= 0.3 is 0 Å². The smallest absolute Gasteiger partial charge is 0.265 e. The zero-order chi connectivity index (χ0) is 15.9. The van der Waals surface area contributed by atoms with E-state index >= 15 is 0 Å². The van der Waals surface area contributed by atoms with Gasteiger partial charge in [0.1, 0.15) is 4.88 Å². The third-order valence-corrected chi connectivity index (χ3v) is 6.10. The minimum atomic E-state index is 0.163. The molecule has 0 spiro atoms. The molecule has 1 amide bonds. The van der Waals surface area contributed by atoms with Gasteiger partial charge in [-0.3, -0.25) is 4.79 Å². The normalized spacial score (nSPS) is 27.4. The first-order chi connectivity index (χ1) is 10.4. The van der Waals surface area contributed by atoms with E-state index in [9.17, 15) is 4.79 Å². The molecule has 0 aliphatic carbocycles. The number of hydrogen-bond acceptors (Lipinski definition) is 4. The highest BCUT2D eigenvalue weighted by Crippen LogP contribution is 2.31. The summed E-state index contributed by atoms with van der Waals surface area (Å²) in [7, 11) is 1.97. The Bertz CT molecular complexity index is 542. The Morgan fingerprint density at radius 1 is 1.36 bits per heavy atom. The summed E-state index contributed by atoms with van der Waals surface area (Å²) in [5, 5.41) is 4.74. The Balaban J connectivity index is 1.71. The second-order valence-electron chi connectivity index (χ2n) is 7.30. The molecule has 2 aliphatic heterocycles. The molecule has 0 aromatic carbocycles. The first-order valence-electron chi connectivity index (χ1n) is 8.43. The molecule has 122 valence electrons. The molecule has 3 heterocycles. The van der Waals surface area contributed by atoms with Gasteiger partial charge in [0.2, 0.25) is 0 Å². The van der Waals surface area contributed by atoms with E-state index in [4.69, 9.17) is 0 Å². The lowest BCUT2D eigenvalue weighted by Crippen LogP contribution is -2.48. The number of aryl methyl sites for hydroxylation is 1. The molecule has 2 fully saturated rings. The van der Waals surface area contributed by atoms with Crippen LogP contribution in [0.3, 0.4) is 0 Å². The Hall–Kier alpha value is -0.940. The van der Waals surface area contributed by atoms with Gasteiger partial charge in [0.25, 0.3) is 5.91 Å². The van der Waals surface area contributed by atoms with Crippen LogP contribution in [0.25, 0.3) is 0 Å². The quantitative estimate of drug-likeness (QED) is 0.927. The summed E-state index contributed by atoms with van der Waals surface area (Å²) >= 11 is 1.59. The second kappa shape index (κ2) is 6.28. The Labute approximate surface area is 137 Å². The van der Waals surface area contributed by atoms with Crippen molar-refractivity contribution in [2.45, 2.75) is 71.0 Å². The van der Waals surface area contributed by atoms with Crippen LogP contribution in [-0.2, 0) is 6.42 Å². The molecule has 2 bridgehead atoms. The number of fused-ring (bicyclic) bond motifs is 2. The third kappa shape index (κ3) is 3.20. The maximum absolute atomic E-state index is 12.9. The van der Waals surface area contributed by atoms with Gasteiger partial charge in [-0.25, -0.2) is 4.98 Å². The first-order valence-corrected chi connectivity index (χ1v) is 9.25. The van der Waals surface area contributed by atoms with Gasteiger partial charge in [-0.15, -0.1) is 11.3 Å². The van der Waals surface area contributed by atoms with Crippen molar-refractivity contribution in [3.05, 3.63) is 15.6 Å². The predicted octanol–water partition coefficient (Wildman–Crippen LogP) is 3.01. The number of amides is 1. The summed E-state index contributed by atoms with van der Waals surface area (Å²) < 4.78 is 0. The molecule has 2 unspecified atom stereocenters. The minimum absolute atomic E-state index is 0.163. The zero-order valence-electron chi connectivity index (χ0n) is 14.1. The number of hydrogen-bond donors (Lipinski definition) is 1. The fraction of sp³-hybridized carbons (Fsp3) is 0.765. The Morgan fingerprint density at radius 3 is 2.59 bits per heavy atom. The number of carbonyl (C=O) groups excluding carboxylic acids is 1. The van der Waals surface area contributed by atoms with Crippen molar-refractivity contribution in [1.82, 2.24) is 15.2 Å². The van der Waals surface area contributed by atoms with E-state index in [0.29, 0.717) is 24.0 Å². The molecule has 3 rings (SSSR count). The van der Waals surface area contributed by atoms with Crippen LogP contribution in [-0.4, -0.2) is 41.0 Å². The third-order valence-electron chi connectivity index (χ3n) is 4.93. The summed E-state index contributed by atoms with van der Waals surface area (Å²) in [6.07, 6.45) is 5.67. The largest absolute Gasteiger partial charge is 0.338 e. The summed E-state index contributed by atoms with van der Waals surface area (Å²) in [5.74, 6) is 0.739. The van der Waals surface area contributed by atoms with Crippen molar-refractivity contribution in [3.63, 3.8) is 0 Å². The summed E-state index contributed by atoms with van der Waals surface area (Å²) in [5.41, 5.74) is 0.898. The fourth-order valence-electron chi connectivity index (χ4n) is 3.76. The van der Waals surface area contributed by atoms with Crippen molar-refractivity contribution in [2.24, 2.45) is 5.92 Å².